The highest BCUT2D eigenvalue weighted by Gasteiger charge is 2.12. The topological polar surface area (TPSA) is 17.8 Å². The summed E-state index contributed by atoms with van der Waals surface area (Å²) in [4.78, 5) is 0. The zero-order valence-corrected chi connectivity index (χ0v) is 11.4. The molecule has 1 heterocycles. The van der Waals surface area contributed by atoms with Crippen LogP contribution in [0.25, 0.3) is 5.69 Å². The molecule has 0 aliphatic carbocycles. The van der Waals surface area contributed by atoms with E-state index in [-0.39, 0.29) is 5.82 Å². The molecular formula is C13H14BrFN2. The zero-order valence-electron chi connectivity index (χ0n) is 9.82. The van der Waals surface area contributed by atoms with Gasteiger partial charge in [0.25, 0.3) is 0 Å². The van der Waals surface area contributed by atoms with Crippen molar-refractivity contribution in [2.24, 2.45) is 0 Å². The SMILES string of the molecule is CC(C)c1ccn(-c2c(F)cccc2CBr)n1. The molecule has 0 atom stereocenters. The van der Waals surface area contributed by atoms with Crippen LogP contribution in [0.4, 0.5) is 4.39 Å². The molecular weight excluding hydrogens is 283 g/mol. The summed E-state index contributed by atoms with van der Waals surface area (Å²) in [6.45, 7) is 4.14. The van der Waals surface area contributed by atoms with Crippen LogP contribution in [0, 0.1) is 5.82 Å². The van der Waals surface area contributed by atoms with Crippen molar-refractivity contribution in [3.8, 4) is 5.69 Å². The maximum atomic E-state index is 13.9. The fourth-order valence-electron chi connectivity index (χ4n) is 1.69. The molecule has 4 heteroatoms. The number of alkyl halides is 1. The molecule has 0 aliphatic heterocycles. The molecule has 0 aliphatic rings. The van der Waals surface area contributed by atoms with E-state index in [1.165, 1.54) is 6.07 Å². The summed E-state index contributed by atoms with van der Waals surface area (Å²) in [6.07, 6.45) is 1.81. The van der Waals surface area contributed by atoms with Gasteiger partial charge >= 0.3 is 0 Å². The molecule has 0 radical (unpaired) electrons. The third kappa shape index (κ3) is 2.41. The number of para-hydroxylation sites is 1. The number of benzene rings is 1. The Morgan fingerprint density at radius 1 is 1.35 bits per heavy atom. The largest absolute Gasteiger partial charge is 0.237 e. The predicted molar refractivity (Wildman–Crippen MR) is 70.2 cm³/mol. The van der Waals surface area contributed by atoms with Gasteiger partial charge in [0.2, 0.25) is 0 Å². The van der Waals surface area contributed by atoms with Crippen LogP contribution in [-0.4, -0.2) is 9.78 Å². The number of aromatic nitrogens is 2. The number of halogens is 2. The first-order valence-corrected chi connectivity index (χ1v) is 6.65. The van der Waals surface area contributed by atoms with Gasteiger partial charge in [-0.05, 0) is 23.6 Å². The highest BCUT2D eigenvalue weighted by molar-refractivity contribution is 9.08. The summed E-state index contributed by atoms with van der Waals surface area (Å²) in [5.41, 5.74) is 2.38. The molecule has 0 amide bonds. The van der Waals surface area contributed by atoms with Crippen molar-refractivity contribution in [3.63, 3.8) is 0 Å². The van der Waals surface area contributed by atoms with Crippen molar-refractivity contribution in [3.05, 3.63) is 47.5 Å². The monoisotopic (exact) mass is 296 g/mol. The second-order valence-electron chi connectivity index (χ2n) is 4.22. The Morgan fingerprint density at radius 2 is 2.12 bits per heavy atom. The summed E-state index contributed by atoms with van der Waals surface area (Å²) < 4.78 is 15.5. The lowest BCUT2D eigenvalue weighted by molar-refractivity contribution is 0.606. The summed E-state index contributed by atoms with van der Waals surface area (Å²) in [6, 6.07) is 6.99. The Morgan fingerprint density at radius 3 is 2.71 bits per heavy atom. The highest BCUT2D eigenvalue weighted by atomic mass is 79.9. The zero-order chi connectivity index (χ0) is 12.4. The van der Waals surface area contributed by atoms with Gasteiger partial charge in [0, 0.05) is 11.5 Å². The fraction of sp³-hybridized carbons (Fsp3) is 0.308. The highest BCUT2D eigenvalue weighted by Crippen LogP contribution is 2.22. The smallest absolute Gasteiger partial charge is 0.149 e. The van der Waals surface area contributed by atoms with Gasteiger partial charge in [0.1, 0.15) is 11.5 Å². The minimum absolute atomic E-state index is 0.250. The molecule has 2 nitrogen and oxygen atoms in total. The minimum atomic E-state index is -0.250. The first-order chi connectivity index (χ1) is 8.13. The van der Waals surface area contributed by atoms with Crippen LogP contribution in [0.15, 0.2) is 30.5 Å². The van der Waals surface area contributed by atoms with Crippen molar-refractivity contribution in [1.82, 2.24) is 9.78 Å². The molecule has 90 valence electrons. The van der Waals surface area contributed by atoms with Crippen LogP contribution >= 0.6 is 15.9 Å². The normalized spacial score (nSPS) is 11.1. The molecule has 0 bridgehead atoms. The molecule has 1 aromatic heterocycles. The van der Waals surface area contributed by atoms with E-state index in [4.69, 9.17) is 0 Å². The molecule has 0 saturated heterocycles. The summed E-state index contributed by atoms with van der Waals surface area (Å²) >= 11 is 3.37. The molecule has 17 heavy (non-hydrogen) atoms. The lowest BCUT2D eigenvalue weighted by atomic mass is 10.1. The van der Waals surface area contributed by atoms with Crippen LogP contribution in [0.1, 0.15) is 31.0 Å². The average molecular weight is 297 g/mol. The Kier molecular flexibility index (Phi) is 3.62. The summed E-state index contributed by atoms with van der Waals surface area (Å²) in [5.74, 6) is 0.0933. The lowest BCUT2D eigenvalue weighted by Gasteiger charge is -2.08. The van der Waals surface area contributed by atoms with Crippen LogP contribution in [0.2, 0.25) is 0 Å². The van der Waals surface area contributed by atoms with Crippen molar-refractivity contribution < 1.29 is 4.39 Å². The molecule has 0 N–H and O–H groups in total. The van der Waals surface area contributed by atoms with Gasteiger partial charge in [0.05, 0.1) is 5.69 Å². The molecule has 0 spiro atoms. The van der Waals surface area contributed by atoms with Crippen LogP contribution in [-0.2, 0) is 5.33 Å². The predicted octanol–water partition coefficient (Wildman–Crippen LogP) is 4.03. The number of hydrogen-bond acceptors (Lipinski definition) is 1. The Labute approximate surface area is 109 Å². The van der Waals surface area contributed by atoms with Crippen molar-refractivity contribution in [2.75, 3.05) is 0 Å². The number of hydrogen-bond donors (Lipinski definition) is 0. The van der Waals surface area contributed by atoms with E-state index in [0.29, 0.717) is 16.9 Å². The molecule has 1 aromatic carbocycles. The molecule has 2 aromatic rings. The Balaban J connectivity index is 2.51. The van der Waals surface area contributed by atoms with E-state index in [1.54, 1.807) is 16.9 Å². The van der Waals surface area contributed by atoms with E-state index in [2.05, 4.69) is 34.9 Å². The van der Waals surface area contributed by atoms with Gasteiger partial charge in [-0.3, -0.25) is 0 Å². The van der Waals surface area contributed by atoms with E-state index in [0.717, 1.165) is 11.3 Å². The lowest BCUT2D eigenvalue weighted by Crippen LogP contribution is -2.03. The van der Waals surface area contributed by atoms with Crippen molar-refractivity contribution in [1.29, 1.82) is 0 Å². The maximum Gasteiger partial charge on any atom is 0.149 e. The van der Waals surface area contributed by atoms with Gasteiger partial charge < -0.3 is 0 Å². The third-order valence-corrected chi connectivity index (χ3v) is 3.25. The van der Waals surface area contributed by atoms with E-state index >= 15 is 0 Å². The molecule has 0 unspecified atom stereocenters. The average Bonchev–Trinajstić information content (AvgIpc) is 2.77. The second kappa shape index (κ2) is 5.00. The standard InChI is InChI=1S/C13H14BrFN2/c1-9(2)12-6-7-17(16-12)13-10(8-14)4-3-5-11(13)15/h3-7,9H,8H2,1-2H3. The van der Waals surface area contributed by atoms with Crippen LogP contribution in [0.3, 0.4) is 0 Å². The molecule has 2 rings (SSSR count). The van der Waals surface area contributed by atoms with Crippen LogP contribution < -0.4 is 0 Å². The first-order valence-electron chi connectivity index (χ1n) is 5.52. The maximum absolute atomic E-state index is 13.9. The summed E-state index contributed by atoms with van der Waals surface area (Å²) in [7, 11) is 0. The van der Waals surface area contributed by atoms with Crippen molar-refractivity contribution >= 4 is 15.9 Å². The Bertz CT molecular complexity index is 520. The third-order valence-electron chi connectivity index (χ3n) is 2.64. The van der Waals surface area contributed by atoms with E-state index in [1.807, 2.05) is 12.1 Å². The van der Waals surface area contributed by atoms with Crippen LogP contribution in [0.5, 0.6) is 0 Å². The number of rotatable bonds is 3. The van der Waals surface area contributed by atoms with Gasteiger partial charge in [-0.25, -0.2) is 9.07 Å². The quantitative estimate of drug-likeness (QED) is 0.782. The van der Waals surface area contributed by atoms with E-state index in [9.17, 15) is 4.39 Å². The Hall–Kier alpha value is -1.16. The minimum Gasteiger partial charge on any atom is -0.237 e. The van der Waals surface area contributed by atoms with Crippen molar-refractivity contribution in [2.45, 2.75) is 25.1 Å². The number of nitrogens with zero attached hydrogens (tertiary/aromatic N) is 2. The second-order valence-corrected chi connectivity index (χ2v) is 4.78. The fourth-order valence-corrected chi connectivity index (χ4v) is 2.15. The first kappa shape index (κ1) is 12.3. The van der Waals surface area contributed by atoms with Gasteiger partial charge in [-0.1, -0.05) is 41.9 Å². The molecule has 0 saturated carbocycles. The summed E-state index contributed by atoms with van der Waals surface area (Å²) in [5, 5.41) is 5.01. The van der Waals surface area contributed by atoms with Gasteiger partial charge in [-0.2, -0.15) is 5.10 Å². The molecule has 0 fully saturated rings. The van der Waals surface area contributed by atoms with E-state index < -0.39 is 0 Å². The van der Waals surface area contributed by atoms with Gasteiger partial charge in [-0.15, -0.1) is 0 Å². The van der Waals surface area contributed by atoms with Gasteiger partial charge in [0.15, 0.2) is 0 Å².